The maximum absolute atomic E-state index is 13.7. The van der Waals surface area contributed by atoms with Crippen molar-refractivity contribution in [1.82, 2.24) is 5.01 Å². The molecule has 1 amide bonds. The molecule has 0 aromatic heterocycles. The van der Waals surface area contributed by atoms with Crippen molar-refractivity contribution in [3.05, 3.63) is 89.5 Å². The van der Waals surface area contributed by atoms with E-state index in [0.717, 1.165) is 22.4 Å². The summed E-state index contributed by atoms with van der Waals surface area (Å²) in [5.74, 6) is -0.429. The van der Waals surface area contributed by atoms with Crippen LogP contribution in [0.1, 0.15) is 33.2 Å². The van der Waals surface area contributed by atoms with Crippen LogP contribution in [0.5, 0.6) is 0 Å². The lowest BCUT2D eigenvalue weighted by molar-refractivity contribution is 0.0300. The van der Waals surface area contributed by atoms with Crippen LogP contribution in [0.15, 0.2) is 72.8 Å². The monoisotopic (exact) mass is 444 g/mol. The maximum Gasteiger partial charge on any atom is 0.338 e. The standard InChI is InChI=1S/C27H28N2O4/c1-3-33-27(31)22-13-11-21(12-14-22)25-19-23(10-9-20(25)2)26(30)29(24-7-5-4-6-8-24)28-15-17-32-18-16-28/h4-14,19H,3,15-18H2,1-2H3. The summed E-state index contributed by atoms with van der Waals surface area (Å²) in [4.78, 5) is 25.7. The first-order valence-electron chi connectivity index (χ1n) is 11.2. The highest BCUT2D eigenvalue weighted by Gasteiger charge is 2.26. The van der Waals surface area contributed by atoms with Gasteiger partial charge in [-0.15, -0.1) is 0 Å². The number of morpholine rings is 1. The minimum atomic E-state index is -0.339. The number of amides is 1. The highest BCUT2D eigenvalue weighted by Crippen LogP contribution is 2.27. The van der Waals surface area contributed by atoms with Gasteiger partial charge in [0, 0.05) is 18.7 Å². The minimum absolute atomic E-state index is 0.0903. The quantitative estimate of drug-likeness (QED) is 0.515. The van der Waals surface area contributed by atoms with Crippen LogP contribution in [0.4, 0.5) is 5.69 Å². The summed E-state index contributed by atoms with van der Waals surface area (Å²) in [5, 5.41) is 3.79. The van der Waals surface area contributed by atoms with Gasteiger partial charge in [0.05, 0.1) is 31.1 Å². The molecule has 6 heteroatoms. The Morgan fingerprint density at radius 2 is 1.61 bits per heavy atom. The van der Waals surface area contributed by atoms with E-state index in [1.54, 1.807) is 24.1 Å². The fraction of sp³-hybridized carbons (Fsp3) is 0.259. The Kier molecular flexibility index (Phi) is 7.17. The van der Waals surface area contributed by atoms with Crippen LogP contribution in [0.25, 0.3) is 11.1 Å². The number of hydrogen-bond acceptors (Lipinski definition) is 5. The third-order valence-electron chi connectivity index (χ3n) is 5.66. The largest absolute Gasteiger partial charge is 0.462 e. The second-order valence-electron chi connectivity index (χ2n) is 7.85. The van der Waals surface area contributed by atoms with Gasteiger partial charge in [0.1, 0.15) is 0 Å². The van der Waals surface area contributed by atoms with Crippen molar-refractivity contribution in [1.29, 1.82) is 0 Å². The van der Waals surface area contributed by atoms with E-state index >= 15 is 0 Å². The van der Waals surface area contributed by atoms with E-state index in [1.807, 2.05) is 72.6 Å². The van der Waals surface area contributed by atoms with Crippen LogP contribution >= 0.6 is 0 Å². The number of aryl methyl sites for hydroxylation is 1. The fourth-order valence-electron chi connectivity index (χ4n) is 3.92. The summed E-state index contributed by atoms with van der Waals surface area (Å²) in [7, 11) is 0. The number of carbonyl (C=O) groups excluding carboxylic acids is 2. The van der Waals surface area contributed by atoms with E-state index in [-0.39, 0.29) is 11.9 Å². The predicted octanol–water partition coefficient (Wildman–Crippen LogP) is 4.73. The van der Waals surface area contributed by atoms with Gasteiger partial charge in [-0.3, -0.25) is 4.79 Å². The molecule has 0 atom stereocenters. The molecule has 3 aromatic carbocycles. The Hall–Kier alpha value is -3.48. The minimum Gasteiger partial charge on any atom is -0.462 e. The molecule has 0 radical (unpaired) electrons. The number of nitrogens with zero attached hydrogens (tertiary/aromatic N) is 2. The summed E-state index contributed by atoms with van der Waals surface area (Å²) >= 11 is 0. The number of para-hydroxylation sites is 1. The van der Waals surface area contributed by atoms with Crippen LogP contribution in [-0.2, 0) is 9.47 Å². The average Bonchev–Trinajstić information content (AvgIpc) is 2.86. The average molecular weight is 445 g/mol. The van der Waals surface area contributed by atoms with E-state index < -0.39 is 0 Å². The van der Waals surface area contributed by atoms with Crippen molar-refractivity contribution in [3.63, 3.8) is 0 Å². The van der Waals surface area contributed by atoms with Crippen LogP contribution in [0.3, 0.4) is 0 Å². The lowest BCUT2D eigenvalue weighted by atomic mass is 9.97. The Balaban J connectivity index is 1.66. The number of carbonyl (C=O) groups is 2. The topological polar surface area (TPSA) is 59.1 Å². The number of rotatable bonds is 6. The van der Waals surface area contributed by atoms with Crippen molar-refractivity contribution in [3.8, 4) is 11.1 Å². The van der Waals surface area contributed by atoms with Crippen LogP contribution in [-0.4, -0.2) is 49.8 Å². The van der Waals surface area contributed by atoms with Crippen LogP contribution < -0.4 is 5.01 Å². The molecular formula is C27H28N2O4. The SMILES string of the molecule is CCOC(=O)c1ccc(-c2cc(C(=O)N(c3ccccc3)N3CCOCC3)ccc2C)cc1. The summed E-state index contributed by atoms with van der Waals surface area (Å²) in [6.07, 6.45) is 0. The molecule has 6 nitrogen and oxygen atoms in total. The van der Waals surface area contributed by atoms with Gasteiger partial charge in [-0.25, -0.2) is 14.8 Å². The van der Waals surface area contributed by atoms with E-state index in [1.165, 1.54) is 0 Å². The van der Waals surface area contributed by atoms with Gasteiger partial charge in [-0.1, -0.05) is 36.4 Å². The summed E-state index contributed by atoms with van der Waals surface area (Å²) in [5.41, 5.74) is 4.87. The van der Waals surface area contributed by atoms with Crippen molar-refractivity contribution < 1.29 is 19.1 Å². The van der Waals surface area contributed by atoms with E-state index in [0.29, 0.717) is 44.0 Å². The van der Waals surface area contributed by atoms with Crippen molar-refractivity contribution >= 4 is 17.6 Å². The number of anilines is 1. The smallest absolute Gasteiger partial charge is 0.338 e. The molecule has 0 N–H and O–H groups in total. The number of esters is 1. The summed E-state index contributed by atoms with van der Waals surface area (Å²) in [6.45, 7) is 6.60. The van der Waals surface area contributed by atoms with Gasteiger partial charge in [0.25, 0.3) is 5.91 Å². The predicted molar refractivity (Wildman–Crippen MR) is 128 cm³/mol. The van der Waals surface area contributed by atoms with Crippen molar-refractivity contribution in [2.45, 2.75) is 13.8 Å². The first kappa shape index (κ1) is 22.7. The van der Waals surface area contributed by atoms with Crippen molar-refractivity contribution in [2.75, 3.05) is 37.9 Å². The molecule has 1 aliphatic rings. The van der Waals surface area contributed by atoms with Gasteiger partial charge < -0.3 is 9.47 Å². The molecule has 1 fully saturated rings. The molecule has 0 aliphatic carbocycles. The van der Waals surface area contributed by atoms with E-state index in [2.05, 4.69) is 0 Å². The molecule has 0 unspecified atom stereocenters. The van der Waals surface area contributed by atoms with Gasteiger partial charge in [-0.2, -0.15) is 0 Å². The normalized spacial score (nSPS) is 14.0. The van der Waals surface area contributed by atoms with Gasteiger partial charge in [0.15, 0.2) is 0 Å². The molecular weight excluding hydrogens is 416 g/mol. The zero-order valence-electron chi connectivity index (χ0n) is 19.0. The number of benzene rings is 3. The fourth-order valence-corrected chi connectivity index (χ4v) is 3.92. The van der Waals surface area contributed by atoms with E-state index in [9.17, 15) is 9.59 Å². The second-order valence-corrected chi connectivity index (χ2v) is 7.85. The Morgan fingerprint density at radius 3 is 2.27 bits per heavy atom. The highest BCUT2D eigenvalue weighted by atomic mass is 16.5. The summed E-state index contributed by atoms with van der Waals surface area (Å²) < 4.78 is 10.6. The molecule has 0 saturated carbocycles. The Morgan fingerprint density at radius 1 is 0.939 bits per heavy atom. The van der Waals surface area contributed by atoms with Gasteiger partial charge in [0.2, 0.25) is 0 Å². The molecule has 170 valence electrons. The summed E-state index contributed by atoms with van der Waals surface area (Å²) in [6, 6.07) is 22.7. The van der Waals surface area contributed by atoms with Crippen LogP contribution in [0, 0.1) is 6.92 Å². The lowest BCUT2D eigenvalue weighted by Crippen LogP contribution is -2.52. The Bertz CT molecular complexity index is 1110. The number of ether oxygens (including phenoxy) is 2. The van der Waals surface area contributed by atoms with Crippen LogP contribution in [0.2, 0.25) is 0 Å². The zero-order valence-corrected chi connectivity index (χ0v) is 19.0. The molecule has 3 aromatic rings. The number of hydrogen-bond donors (Lipinski definition) is 0. The lowest BCUT2D eigenvalue weighted by Gasteiger charge is -2.37. The zero-order chi connectivity index (χ0) is 23.2. The molecule has 1 aliphatic heterocycles. The first-order valence-corrected chi connectivity index (χ1v) is 11.2. The highest BCUT2D eigenvalue weighted by molar-refractivity contribution is 6.06. The number of hydrazine groups is 1. The van der Waals surface area contributed by atoms with E-state index in [4.69, 9.17) is 9.47 Å². The first-order chi connectivity index (χ1) is 16.1. The third kappa shape index (κ3) is 5.13. The molecule has 33 heavy (non-hydrogen) atoms. The second kappa shape index (κ2) is 10.4. The molecule has 1 heterocycles. The van der Waals surface area contributed by atoms with Gasteiger partial charge in [-0.05, 0) is 66.9 Å². The third-order valence-corrected chi connectivity index (χ3v) is 5.66. The van der Waals surface area contributed by atoms with Gasteiger partial charge >= 0.3 is 5.97 Å². The van der Waals surface area contributed by atoms with Crippen molar-refractivity contribution in [2.24, 2.45) is 0 Å². The maximum atomic E-state index is 13.7. The Labute approximate surface area is 194 Å². The molecule has 0 bridgehead atoms. The molecule has 0 spiro atoms. The molecule has 1 saturated heterocycles. The molecule has 4 rings (SSSR count).